The Labute approximate surface area is 181 Å². The summed E-state index contributed by atoms with van der Waals surface area (Å²) in [4.78, 5) is 29.9. The number of imidazole rings is 2. The number of halogens is 1. The highest BCUT2D eigenvalue weighted by atomic mass is 79.9. The van der Waals surface area contributed by atoms with Crippen LogP contribution in [0.15, 0.2) is 44.5 Å². The third-order valence-electron chi connectivity index (χ3n) is 5.17. The molecule has 0 fully saturated rings. The van der Waals surface area contributed by atoms with Crippen molar-refractivity contribution in [3.05, 3.63) is 55.8 Å². The van der Waals surface area contributed by atoms with Gasteiger partial charge in [0.25, 0.3) is 5.56 Å². The van der Waals surface area contributed by atoms with E-state index < -0.39 is 5.69 Å². The molecule has 8 nitrogen and oxygen atoms in total. The van der Waals surface area contributed by atoms with E-state index in [9.17, 15) is 9.59 Å². The summed E-state index contributed by atoms with van der Waals surface area (Å²) in [5, 5.41) is 0. The van der Waals surface area contributed by atoms with Crippen LogP contribution in [0.4, 0.5) is 0 Å². The molecule has 0 aliphatic carbocycles. The van der Waals surface area contributed by atoms with E-state index in [0.717, 1.165) is 26.7 Å². The second-order valence-corrected chi connectivity index (χ2v) is 8.52. The van der Waals surface area contributed by atoms with Crippen molar-refractivity contribution in [1.82, 2.24) is 23.1 Å². The van der Waals surface area contributed by atoms with Gasteiger partial charge in [-0.05, 0) is 38.0 Å². The molecule has 3 heterocycles. The maximum absolute atomic E-state index is 12.9. The second kappa shape index (κ2) is 7.88. The lowest BCUT2D eigenvalue weighted by Crippen LogP contribution is -2.37. The van der Waals surface area contributed by atoms with Crippen LogP contribution in [0.2, 0.25) is 0 Å². The van der Waals surface area contributed by atoms with Crippen LogP contribution in [0.3, 0.4) is 0 Å². The summed E-state index contributed by atoms with van der Waals surface area (Å²) >= 11 is 3.48. The summed E-state index contributed by atoms with van der Waals surface area (Å²) in [5.41, 5.74) is 2.00. The fraction of sp³-hybridized carbons (Fsp3) is 0.381. The first-order valence-corrected chi connectivity index (χ1v) is 10.6. The maximum atomic E-state index is 12.9. The topological polar surface area (TPSA) is 75.5 Å². The smallest absolute Gasteiger partial charge is 0.332 e. The van der Waals surface area contributed by atoms with Crippen LogP contribution in [0, 0.1) is 0 Å². The lowest BCUT2D eigenvalue weighted by molar-refractivity contribution is 0.0750. The number of ether oxygens (including phenoxy) is 1. The van der Waals surface area contributed by atoms with Crippen molar-refractivity contribution in [3.8, 4) is 11.3 Å². The second-order valence-electron chi connectivity index (χ2n) is 7.61. The standard InChI is InChI=1S/C21H24BrN5O3/c1-13(2)30-11-5-10-26-16(14-6-8-15(22)9-7-14)12-27-17-18(23-20(26)27)24(3)21(29)25(4)19(17)28/h6-9,12-13H,5,10-11H2,1-4H3. The minimum Gasteiger partial charge on any atom is -0.379 e. The molecule has 0 aliphatic rings. The zero-order chi connectivity index (χ0) is 21.6. The Morgan fingerprint density at radius 1 is 1.10 bits per heavy atom. The predicted molar refractivity (Wildman–Crippen MR) is 120 cm³/mol. The van der Waals surface area contributed by atoms with Gasteiger partial charge in [-0.3, -0.25) is 18.3 Å². The Bertz CT molecular complexity index is 1340. The van der Waals surface area contributed by atoms with Crippen LogP contribution in [0.25, 0.3) is 28.2 Å². The molecule has 0 amide bonds. The third-order valence-corrected chi connectivity index (χ3v) is 5.70. The van der Waals surface area contributed by atoms with E-state index in [0.29, 0.717) is 30.1 Å². The zero-order valence-electron chi connectivity index (χ0n) is 17.4. The van der Waals surface area contributed by atoms with Gasteiger partial charge in [0.2, 0.25) is 5.78 Å². The highest BCUT2D eigenvalue weighted by Gasteiger charge is 2.20. The number of benzene rings is 1. The maximum Gasteiger partial charge on any atom is 0.332 e. The van der Waals surface area contributed by atoms with Crippen molar-refractivity contribution < 1.29 is 4.74 Å². The number of nitrogens with zero attached hydrogens (tertiary/aromatic N) is 5. The van der Waals surface area contributed by atoms with Gasteiger partial charge >= 0.3 is 5.69 Å². The van der Waals surface area contributed by atoms with Gasteiger partial charge in [-0.15, -0.1) is 0 Å². The molecule has 30 heavy (non-hydrogen) atoms. The molecule has 3 aromatic heterocycles. The third kappa shape index (κ3) is 3.41. The summed E-state index contributed by atoms with van der Waals surface area (Å²) in [6, 6.07) is 8.02. The van der Waals surface area contributed by atoms with Crippen LogP contribution in [0.5, 0.6) is 0 Å². The van der Waals surface area contributed by atoms with Gasteiger partial charge in [0.05, 0.1) is 11.8 Å². The van der Waals surface area contributed by atoms with Crippen LogP contribution in [-0.2, 0) is 25.4 Å². The highest BCUT2D eigenvalue weighted by Crippen LogP contribution is 2.27. The van der Waals surface area contributed by atoms with Gasteiger partial charge in [-0.25, -0.2) is 4.79 Å². The Hall–Kier alpha value is -2.65. The molecule has 1 aromatic carbocycles. The first kappa shape index (κ1) is 20.6. The summed E-state index contributed by atoms with van der Waals surface area (Å²) in [6.07, 6.45) is 2.89. The molecule has 0 bridgehead atoms. The SMILES string of the molecule is CC(C)OCCCn1c(-c2ccc(Br)cc2)cn2c3c(=O)n(C)c(=O)n(C)c3nc12. The van der Waals surface area contributed by atoms with Crippen LogP contribution in [0.1, 0.15) is 20.3 Å². The lowest BCUT2D eigenvalue weighted by Gasteiger charge is -2.11. The normalized spacial score (nSPS) is 11.9. The number of rotatable bonds is 6. The van der Waals surface area contributed by atoms with E-state index in [1.54, 1.807) is 11.4 Å². The largest absolute Gasteiger partial charge is 0.379 e. The minimum absolute atomic E-state index is 0.173. The summed E-state index contributed by atoms with van der Waals surface area (Å²) < 4.78 is 13.1. The van der Waals surface area contributed by atoms with Crippen LogP contribution in [-0.4, -0.2) is 35.8 Å². The van der Waals surface area contributed by atoms with E-state index in [1.165, 1.54) is 11.6 Å². The Morgan fingerprint density at radius 2 is 1.80 bits per heavy atom. The molecule has 0 saturated heterocycles. The number of hydrogen-bond acceptors (Lipinski definition) is 4. The number of hydrogen-bond donors (Lipinski definition) is 0. The molecule has 0 radical (unpaired) electrons. The van der Waals surface area contributed by atoms with Gasteiger partial charge in [-0.1, -0.05) is 28.1 Å². The molecule has 9 heteroatoms. The van der Waals surface area contributed by atoms with Crippen molar-refractivity contribution in [2.45, 2.75) is 32.9 Å². The number of aryl methyl sites for hydroxylation is 2. The van der Waals surface area contributed by atoms with Crippen molar-refractivity contribution in [2.75, 3.05) is 6.61 Å². The fourth-order valence-electron chi connectivity index (χ4n) is 3.63. The van der Waals surface area contributed by atoms with Gasteiger partial charge in [-0.2, -0.15) is 4.98 Å². The van der Waals surface area contributed by atoms with Crippen molar-refractivity contribution in [2.24, 2.45) is 14.1 Å². The molecule has 0 saturated carbocycles. The lowest BCUT2D eigenvalue weighted by atomic mass is 10.1. The molecular weight excluding hydrogens is 450 g/mol. The zero-order valence-corrected chi connectivity index (χ0v) is 19.0. The monoisotopic (exact) mass is 473 g/mol. The highest BCUT2D eigenvalue weighted by molar-refractivity contribution is 9.10. The molecule has 158 valence electrons. The molecule has 0 N–H and O–H groups in total. The van der Waals surface area contributed by atoms with Gasteiger partial charge in [0.15, 0.2) is 11.2 Å². The Balaban J connectivity index is 1.93. The average Bonchev–Trinajstić information content (AvgIpc) is 3.25. The van der Waals surface area contributed by atoms with E-state index in [4.69, 9.17) is 4.74 Å². The number of aromatic nitrogens is 5. The van der Waals surface area contributed by atoms with Crippen molar-refractivity contribution >= 4 is 32.9 Å². The molecule has 0 aliphatic heterocycles. The van der Waals surface area contributed by atoms with Crippen LogP contribution < -0.4 is 11.2 Å². The summed E-state index contributed by atoms with van der Waals surface area (Å²) in [5.74, 6) is 0.630. The van der Waals surface area contributed by atoms with E-state index in [1.807, 2.05) is 44.3 Å². The minimum atomic E-state index is -0.390. The summed E-state index contributed by atoms with van der Waals surface area (Å²) in [6.45, 7) is 5.33. The fourth-order valence-corrected chi connectivity index (χ4v) is 3.89. The first-order valence-electron chi connectivity index (χ1n) is 9.84. The molecular formula is C21H24BrN5O3. The van der Waals surface area contributed by atoms with Gasteiger partial charge < -0.3 is 9.30 Å². The summed E-state index contributed by atoms with van der Waals surface area (Å²) in [7, 11) is 3.12. The van der Waals surface area contributed by atoms with Gasteiger partial charge in [0.1, 0.15) is 0 Å². The van der Waals surface area contributed by atoms with E-state index in [-0.39, 0.29) is 11.7 Å². The first-order chi connectivity index (χ1) is 14.3. The van der Waals surface area contributed by atoms with Crippen LogP contribution >= 0.6 is 15.9 Å². The molecule has 4 aromatic rings. The van der Waals surface area contributed by atoms with Crippen molar-refractivity contribution in [1.29, 1.82) is 0 Å². The van der Waals surface area contributed by atoms with E-state index >= 15 is 0 Å². The van der Waals surface area contributed by atoms with Gasteiger partial charge in [0, 0.05) is 37.9 Å². The molecule has 0 unspecified atom stereocenters. The Kier molecular flexibility index (Phi) is 5.42. The quantitative estimate of drug-likeness (QED) is 0.403. The molecule has 4 rings (SSSR count). The van der Waals surface area contributed by atoms with Crippen molar-refractivity contribution in [3.63, 3.8) is 0 Å². The van der Waals surface area contributed by atoms with E-state index in [2.05, 4.69) is 25.5 Å². The predicted octanol–water partition coefficient (Wildman–Crippen LogP) is 2.93. The Morgan fingerprint density at radius 3 is 2.47 bits per heavy atom. The molecule has 0 atom stereocenters. The molecule has 0 spiro atoms. The average molecular weight is 474 g/mol. The number of fused-ring (bicyclic) bond motifs is 3.